The summed E-state index contributed by atoms with van der Waals surface area (Å²) in [7, 11) is 0. The maximum Gasteiger partial charge on any atom is -0.00241 e. The Morgan fingerprint density at radius 2 is 2.40 bits per heavy atom. The number of hydrogen-bond acceptors (Lipinski definition) is 0. The third kappa shape index (κ3) is 1.31. The van der Waals surface area contributed by atoms with Gasteiger partial charge in [0.15, 0.2) is 0 Å². The molecule has 1 atom stereocenters. The van der Waals surface area contributed by atoms with E-state index in [-0.39, 0.29) is 0 Å². The molecule has 0 bridgehead atoms. The topological polar surface area (TPSA) is 0 Å². The van der Waals surface area contributed by atoms with Gasteiger partial charge in [-0.05, 0) is 25.2 Å². The first-order valence-electron chi connectivity index (χ1n) is 4.12. The number of hydrogen-bond donors (Lipinski definition) is 0. The minimum atomic E-state index is 0.652. The van der Waals surface area contributed by atoms with Crippen molar-refractivity contribution < 1.29 is 0 Å². The molecule has 0 aromatic rings. The third-order valence-electron chi connectivity index (χ3n) is 2.45. The Morgan fingerprint density at radius 3 is 2.90 bits per heavy atom. The predicted molar refractivity (Wildman–Crippen MR) is 45.9 cm³/mol. The smallest absolute Gasteiger partial charge is 0.00241 e. The molecule has 0 aliphatic heterocycles. The maximum absolute atomic E-state index is 4.05. The summed E-state index contributed by atoms with van der Waals surface area (Å²) in [5.74, 6) is 0.652. The maximum atomic E-state index is 4.05. The Labute approximate surface area is 63.6 Å². The molecule has 1 rings (SSSR count). The molecule has 1 aliphatic carbocycles. The highest BCUT2D eigenvalue weighted by atomic mass is 14.2. The van der Waals surface area contributed by atoms with Crippen molar-refractivity contribution in [2.45, 2.75) is 33.1 Å². The van der Waals surface area contributed by atoms with Crippen LogP contribution in [0.2, 0.25) is 0 Å². The van der Waals surface area contributed by atoms with E-state index in [9.17, 15) is 0 Å². The molecule has 0 spiro atoms. The van der Waals surface area contributed by atoms with Crippen molar-refractivity contribution in [1.29, 1.82) is 0 Å². The molecule has 0 aromatic heterocycles. The van der Waals surface area contributed by atoms with Crippen LogP contribution in [0.5, 0.6) is 0 Å². The SMILES string of the molecule is C=C1CCC=C(CC)C1C. The van der Waals surface area contributed by atoms with Gasteiger partial charge in [-0.25, -0.2) is 0 Å². The summed E-state index contributed by atoms with van der Waals surface area (Å²) in [6.07, 6.45) is 5.98. The molecule has 56 valence electrons. The molecule has 0 aromatic carbocycles. The van der Waals surface area contributed by atoms with Crippen molar-refractivity contribution >= 4 is 0 Å². The van der Waals surface area contributed by atoms with Gasteiger partial charge in [0.05, 0.1) is 0 Å². The summed E-state index contributed by atoms with van der Waals surface area (Å²) < 4.78 is 0. The average Bonchev–Trinajstić information content (AvgIpc) is 1.95. The van der Waals surface area contributed by atoms with Crippen LogP contribution in [0.15, 0.2) is 23.8 Å². The molecule has 1 aliphatic rings. The largest absolute Gasteiger partial charge is 0.0993 e. The molecule has 0 heterocycles. The molecule has 0 saturated carbocycles. The second-order valence-electron chi connectivity index (χ2n) is 3.05. The predicted octanol–water partition coefficient (Wildman–Crippen LogP) is 3.31. The van der Waals surface area contributed by atoms with Gasteiger partial charge in [-0.15, -0.1) is 0 Å². The van der Waals surface area contributed by atoms with E-state index < -0.39 is 0 Å². The van der Waals surface area contributed by atoms with E-state index >= 15 is 0 Å². The fourth-order valence-electron chi connectivity index (χ4n) is 1.55. The van der Waals surface area contributed by atoms with Crippen molar-refractivity contribution in [1.82, 2.24) is 0 Å². The first-order valence-corrected chi connectivity index (χ1v) is 4.12. The number of rotatable bonds is 1. The van der Waals surface area contributed by atoms with Gasteiger partial charge in [0, 0.05) is 0 Å². The van der Waals surface area contributed by atoms with Crippen LogP contribution in [0.1, 0.15) is 33.1 Å². The molecule has 10 heavy (non-hydrogen) atoms. The van der Waals surface area contributed by atoms with Crippen LogP contribution in [-0.2, 0) is 0 Å². The van der Waals surface area contributed by atoms with Crippen LogP contribution in [0.3, 0.4) is 0 Å². The van der Waals surface area contributed by atoms with Gasteiger partial charge >= 0.3 is 0 Å². The Morgan fingerprint density at radius 1 is 1.70 bits per heavy atom. The summed E-state index contributed by atoms with van der Waals surface area (Å²) >= 11 is 0. The van der Waals surface area contributed by atoms with E-state index in [1.165, 1.54) is 24.8 Å². The lowest BCUT2D eigenvalue weighted by atomic mass is 9.84. The Kier molecular flexibility index (Phi) is 2.31. The van der Waals surface area contributed by atoms with E-state index in [4.69, 9.17) is 0 Å². The molecule has 0 saturated heterocycles. The normalized spacial score (nSPS) is 26.4. The summed E-state index contributed by atoms with van der Waals surface area (Å²) in [4.78, 5) is 0. The van der Waals surface area contributed by atoms with Crippen LogP contribution in [0.4, 0.5) is 0 Å². The van der Waals surface area contributed by atoms with Crippen LogP contribution < -0.4 is 0 Å². The van der Waals surface area contributed by atoms with Crippen LogP contribution in [0, 0.1) is 5.92 Å². The summed E-state index contributed by atoms with van der Waals surface area (Å²) in [6, 6.07) is 0. The van der Waals surface area contributed by atoms with E-state index in [1.54, 1.807) is 5.57 Å². The Hall–Kier alpha value is -0.520. The highest BCUT2D eigenvalue weighted by Gasteiger charge is 2.13. The van der Waals surface area contributed by atoms with Gasteiger partial charge in [0.2, 0.25) is 0 Å². The lowest BCUT2D eigenvalue weighted by molar-refractivity contribution is 0.677. The van der Waals surface area contributed by atoms with Crippen LogP contribution in [0.25, 0.3) is 0 Å². The summed E-state index contributed by atoms with van der Waals surface area (Å²) in [5.41, 5.74) is 3.00. The molecular formula is C10H16. The molecule has 0 nitrogen and oxygen atoms in total. The molecular weight excluding hydrogens is 120 g/mol. The zero-order chi connectivity index (χ0) is 7.56. The first kappa shape index (κ1) is 7.59. The number of allylic oxidation sites excluding steroid dienone is 3. The van der Waals surface area contributed by atoms with Gasteiger partial charge in [0.1, 0.15) is 0 Å². The average molecular weight is 136 g/mol. The fourth-order valence-corrected chi connectivity index (χ4v) is 1.55. The fraction of sp³-hybridized carbons (Fsp3) is 0.600. The van der Waals surface area contributed by atoms with Crippen molar-refractivity contribution in [2.75, 3.05) is 0 Å². The van der Waals surface area contributed by atoms with Gasteiger partial charge in [-0.1, -0.05) is 37.6 Å². The van der Waals surface area contributed by atoms with Crippen LogP contribution in [-0.4, -0.2) is 0 Å². The zero-order valence-electron chi connectivity index (χ0n) is 6.98. The van der Waals surface area contributed by atoms with Crippen molar-refractivity contribution in [3.05, 3.63) is 23.8 Å². The first-order chi connectivity index (χ1) is 4.75. The van der Waals surface area contributed by atoms with Gasteiger partial charge < -0.3 is 0 Å². The van der Waals surface area contributed by atoms with Crippen molar-refractivity contribution in [3.8, 4) is 0 Å². The molecule has 1 unspecified atom stereocenters. The quantitative estimate of drug-likeness (QED) is 0.485. The second-order valence-corrected chi connectivity index (χ2v) is 3.05. The minimum Gasteiger partial charge on any atom is -0.0993 e. The van der Waals surface area contributed by atoms with Gasteiger partial charge in [0.25, 0.3) is 0 Å². The van der Waals surface area contributed by atoms with Crippen molar-refractivity contribution in [3.63, 3.8) is 0 Å². The van der Waals surface area contributed by atoms with E-state index in [1.807, 2.05) is 0 Å². The Balaban J connectivity index is 2.71. The summed E-state index contributed by atoms with van der Waals surface area (Å²) in [6.45, 7) is 8.54. The lowest BCUT2D eigenvalue weighted by Crippen LogP contribution is -2.06. The molecule has 0 amide bonds. The molecule has 0 fully saturated rings. The van der Waals surface area contributed by atoms with E-state index in [0.29, 0.717) is 5.92 Å². The zero-order valence-corrected chi connectivity index (χ0v) is 6.98. The van der Waals surface area contributed by atoms with E-state index in [2.05, 4.69) is 26.5 Å². The van der Waals surface area contributed by atoms with E-state index in [0.717, 1.165) is 0 Å². The molecule has 0 heteroatoms. The second kappa shape index (κ2) is 3.05. The Bertz CT molecular complexity index is 163. The molecule has 0 radical (unpaired) electrons. The van der Waals surface area contributed by atoms with Crippen molar-refractivity contribution in [2.24, 2.45) is 5.92 Å². The van der Waals surface area contributed by atoms with Gasteiger partial charge in [-0.2, -0.15) is 0 Å². The summed E-state index contributed by atoms with van der Waals surface area (Å²) in [5, 5.41) is 0. The van der Waals surface area contributed by atoms with Gasteiger partial charge in [-0.3, -0.25) is 0 Å². The molecule has 0 N–H and O–H groups in total. The monoisotopic (exact) mass is 136 g/mol. The van der Waals surface area contributed by atoms with Crippen LogP contribution >= 0.6 is 0 Å². The highest BCUT2D eigenvalue weighted by Crippen LogP contribution is 2.29. The highest BCUT2D eigenvalue weighted by molar-refractivity contribution is 5.22. The minimum absolute atomic E-state index is 0.652. The third-order valence-corrected chi connectivity index (χ3v) is 2.45. The lowest BCUT2D eigenvalue weighted by Gasteiger charge is -2.21. The standard InChI is InChI=1S/C10H16/c1-4-10-7-5-6-8(2)9(10)3/h7,9H,2,4-6H2,1,3H3.